The summed E-state index contributed by atoms with van der Waals surface area (Å²) in [5.74, 6) is 4.03. The molecule has 2 aromatic heterocycles. The molecule has 1 fully saturated rings. The minimum Gasteiger partial charge on any atom is -0.456 e. The summed E-state index contributed by atoms with van der Waals surface area (Å²) in [7, 11) is 0. The molecule has 19 heavy (non-hydrogen) atoms. The number of aromatic nitrogens is 3. The predicted molar refractivity (Wildman–Crippen MR) is 72.5 cm³/mol. The molecule has 0 aliphatic carbocycles. The van der Waals surface area contributed by atoms with Crippen molar-refractivity contribution in [3.05, 3.63) is 23.7 Å². The van der Waals surface area contributed by atoms with E-state index >= 15 is 0 Å². The lowest BCUT2D eigenvalue weighted by atomic mass is 9.99. The molecule has 1 aliphatic heterocycles. The Morgan fingerprint density at radius 1 is 1.37 bits per heavy atom. The van der Waals surface area contributed by atoms with Crippen LogP contribution in [0.25, 0.3) is 11.6 Å². The van der Waals surface area contributed by atoms with Crippen LogP contribution in [0.5, 0.6) is 0 Å². The number of rotatable bonds is 3. The molecule has 2 aromatic rings. The molecule has 0 atom stereocenters. The van der Waals surface area contributed by atoms with Crippen molar-refractivity contribution in [2.75, 3.05) is 13.1 Å². The van der Waals surface area contributed by atoms with Crippen LogP contribution < -0.4 is 0 Å². The van der Waals surface area contributed by atoms with Gasteiger partial charge < -0.3 is 4.42 Å². The maximum atomic E-state index is 5.83. The highest BCUT2D eigenvalue weighted by Crippen LogP contribution is 2.22. The standard InChI is InChI=1S/C14H20N4O/c1-10-5-7-18(8-6-10)9-12-3-4-13(19-12)14-15-11(2)16-17-14/h3-4,10H,5-9H2,1-2H3,(H,15,16,17). The van der Waals surface area contributed by atoms with E-state index in [1.165, 1.54) is 12.8 Å². The van der Waals surface area contributed by atoms with Gasteiger partial charge in [-0.3, -0.25) is 10.00 Å². The minimum atomic E-state index is 0.635. The Morgan fingerprint density at radius 2 is 2.16 bits per heavy atom. The van der Waals surface area contributed by atoms with Crippen LogP contribution in [0, 0.1) is 12.8 Å². The second kappa shape index (κ2) is 5.17. The highest BCUT2D eigenvalue weighted by molar-refractivity contribution is 5.46. The fourth-order valence-electron chi connectivity index (χ4n) is 2.48. The number of hydrogen-bond donors (Lipinski definition) is 1. The first-order valence-electron chi connectivity index (χ1n) is 6.91. The van der Waals surface area contributed by atoms with E-state index in [1.807, 2.05) is 19.1 Å². The molecule has 1 saturated heterocycles. The predicted octanol–water partition coefficient (Wildman–Crippen LogP) is 2.61. The van der Waals surface area contributed by atoms with E-state index in [4.69, 9.17) is 4.42 Å². The quantitative estimate of drug-likeness (QED) is 0.921. The lowest BCUT2D eigenvalue weighted by Crippen LogP contribution is -2.32. The van der Waals surface area contributed by atoms with Gasteiger partial charge in [-0.15, -0.1) is 0 Å². The van der Waals surface area contributed by atoms with Gasteiger partial charge in [0.1, 0.15) is 11.6 Å². The number of furan rings is 1. The van der Waals surface area contributed by atoms with Crippen molar-refractivity contribution in [2.24, 2.45) is 5.92 Å². The van der Waals surface area contributed by atoms with Gasteiger partial charge in [0.25, 0.3) is 0 Å². The maximum absolute atomic E-state index is 5.83. The third-order valence-electron chi connectivity index (χ3n) is 3.73. The second-order valence-corrected chi connectivity index (χ2v) is 5.47. The van der Waals surface area contributed by atoms with Crippen molar-refractivity contribution in [3.63, 3.8) is 0 Å². The summed E-state index contributed by atoms with van der Waals surface area (Å²) in [5.41, 5.74) is 0. The minimum absolute atomic E-state index is 0.635. The molecule has 1 N–H and O–H groups in total. The average Bonchev–Trinajstić information content (AvgIpc) is 3.01. The molecular formula is C14H20N4O. The molecule has 102 valence electrons. The summed E-state index contributed by atoms with van der Waals surface area (Å²) >= 11 is 0. The smallest absolute Gasteiger partial charge is 0.216 e. The normalized spacial score (nSPS) is 18.0. The first kappa shape index (κ1) is 12.4. The summed E-state index contributed by atoms with van der Waals surface area (Å²) in [6, 6.07) is 3.98. The summed E-state index contributed by atoms with van der Waals surface area (Å²) in [5, 5.41) is 6.94. The van der Waals surface area contributed by atoms with E-state index in [1.54, 1.807) is 0 Å². The molecule has 0 radical (unpaired) electrons. The Morgan fingerprint density at radius 3 is 2.84 bits per heavy atom. The number of likely N-dealkylation sites (tertiary alicyclic amines) is 1. The largest absolute Gasteiger partial charge is 0.456 e. The first-order chi connectivity index (χ1) is 9.20. The van der Waals surface area contributed by atoms with E-state index < -0.39 is 0 Å². The summed E-state index contributed by atoms with van der Waals surface area (Å²) in [4.78, 5) is 6.73. The Labute approximate surface area is 113 Å². The molecule has 5 nitrogen and oxygen atoms in total. The number of nitrogens with zero attached hydrogens (tertiary/aromatic N) is 3. The van der Waals surface area contributed by atoms with Crippen molar-refractivity contribution < 1.29 is 4.42 Å². The van der Waals surface area contributed by atoms with Gasteiger partial charge in [-0.05, 0) is 50.9 Å². The highest BCUT2D eigenvalue weighted by atomic mass is 16.3. The Kier molecular flexibility index (Phi) is 3.38. The molecule has 0 amide bonds. The van der Waals surface area contributed by atoms with Gasteiger partial charge in [0.05, 0.1) is 6.54 Å². The molecule has 0 saturated carbocycles. The first-order valence-corrected chi connectivity index (χ1v) is 6.91. The fraction of sp³-hybridized carbons (Fsp3) is 0.571. The van der Waals surface area contributed by atoms with E-state index in [9.17, 15) is 0 Å². The summed E-state index contributed by atoms with van der Waals surface area (Å²) in [6.45, 7) is 7.42. The van der Waals surface area contributed by atoms with E-state index in [-0.39, 0.29) is 0 Å². The van der Waals surface area contributed by atoms with Crippen LogP contribution in [0.4, 0.5) is 0 Å². The molecule has 0 bridgehead atoms. The van der Waals surface area contributed by atoms with Crippen molar-refractivity contribution in [2.45, 2.75) is 33.2 Å². The second-order valence-electron chi connectivity index (χ2n) is 5.47. The third kappa shape index (κ3) is 2.87. The van der Waals surface area contributed by atoms with Crippen molar-refractivity contribution in [1.82, 2.24) is 20.1 Å². The summed E-state index contributed by atoms with van der Waals surface area (Å²) in [6.07, 6.45) is 2.57. The molecule has 0 aromatic carbocycles. The molecule has 3 rings (SSSR count). The van der Waals surface area contributed by atoms with Gasteiger partial charge in [0.2, 0.25) is 5.82 Å². The van der Waals surface area contributed by atoms with Crippen LogP contribution in [0.1, 0.15) is 31.4 Å². The zero-order valence-electron chi connectivity index (χ0n) is 11.5. The number of nitrogens with one attached hydrogen (secondary N) is 1. The lowest BCUT2D eigenvalue weighted by molar-refractivity contribution is 0.174. The number of H-pyrrole nitrogens is 1. The molecule has 0 unspecified atom stereocenters. The number of aromatic amines is 1. The highest BCUT2D eigenvalue weighted by Gasteiger charge is 2.17. The van der Waals surface area contributed by atoms with E-state index in [0.717, 1.165) is 42.9 Å². The van der Waals surface area contributed by atoms with Gasteiger partial charge in [0, 0.05) is 0 Å². The average molecular weight is 260 g/mol. The van der Waals surface area contributed by atoms with E-state index in [2.05, 4.69) is 27.0 Å². The number of hydrogen-bond acceptors (Lipinski definition) is 4. The van der Waals surface area contributed by atoms with Gasteiger partial charge in [-0.1, -0.05) is 6.92 Å². The van der Waals surface area contributed by atoms with Gasteiger partial charge in [-0.2, -0.15) is 5.10 Å². The Balaban J connectivity index is 1.65. The molecule has 1 aliphatic rings. The van der Waals surface area contributed by atoms with Gasteiger partial charge >= 0.3 is 0 Å². The van der Waals surface area contributed by atoms with Crippen molar-refractivity contribution in [3.8, 4) is 11.6 Å². The lowest BCUT2D eigenvalue weighted by Gasteiger charge is -2.29. The monoisotopic (exact) mass is 260 g/mol. The van der Waals surface area contributed by atoms with Crippen molar-refractivity contribution in [1.29, 1.82) is 0 Å². The zero-order valence-corrected chi connectivity index (χ0v) is 11.5. The SMILES string of the molecule is Cc1nc(-c2ccc(CN3CCC(C)CC3)o2)n[nH]1. The third-order valence-corrected chi connectivity index (χ3v) is 3.73. The van der Waals surface area contributed by atoms with Crippen molar-refractivity contribution >= 4 is 0 Å². The number of aryl methyl sites for hydroxylation is 1. The fourth-order valence-corrected chi connectivity index (χ4v) is 2.48. The van der Waals surface area contributed by atoms with Crippen LogP contribution in [0.2, 0.25) is 0 Å². The molecule has 0 spiro atoms. The Bertz CT molecular complexity index is 537. The molecular weight excluding hydrogens is 240 g/mol. The van der Waals surface area contributed by atoms with Crippen LogP contribution >= 0.6 is 0 Å². The molecule has 3 heterocycles. The van der Waals surface area contributed by atoms with Crippen LogP contribution in [0.15, 0.2) is 16.5 Å². The van der Waals surface area contributed by atoms with E-state index in [0.29, 0.717) is 5.82 Å². The zero-order chi connectivity index (χ0) is 13.2. The topological polar surface area (TPSA) is 58.0 Å². The Hall–Kier alpha value is -1.62. The van der Waals surface area contributed by atoms with Crippen LogP contribution in [-0.2, 0) is 6.54 Å². The maximum Gasteiger partial charge on any atom is 0.216 e. The summed E-state index contributed by atoms with van der Waals surface area (Å²) < 4.78 is 5.83. The van der Waals surface area contributed by atoms with Crippen LogP contribution in [0.3, 0.4) is 0 Å². The van der Waals surface area contributed by atoms with Gasteiger partial charge in [0.15, 0.2) is 5.76 Å². The number of piperidine rings is 1. The molecule has 5 heteroatoms. The van der Waals surface area contributed by atoms with Gasteiger partial charge in [-0.25, -0.2) is 4.98 Å². The van der Waals surface area contributed by atoms with Crippen LogP contribution in [-0.4, -0.2) is 33.2 Å².